The molecule has 0 aromatic carbocycles. The molecule has 0 aliphatic carbocycles. The van der Waals surface area contributed by atoms with Crippen LogP contribution in [0.4, 0.5) is 0 Å². The highest BCUT2D eigenvalue weighted by molar-refractivity contribution is 4.53. The van der Waals surface area contributed by atoms with E-state index >= 15 is 0 Å². The van der Waals surface area contributed by atoms with Crippen LogP contribution in [0.1, 0.15) is 96.8 Å². The standard InChI is InChI=1S/C20H42O3/c1-2-3-4-5-6-7-8-9-10-11-12-13-14-15-16-23-19-20(17-21)18-22/h20-22H,2-19H2,1H3. The normalized spacial score (nSPS) is 11.5. The van der Waals surface area contributed by atoms with Crippen LogP contribution in [0.2, 0.25) is 0 Å². The van der Waals surface area contributed by atoms with Crippen molar-refractivity contribution in [3.8, 4) is 0 Å². The SMILES string of the molecule is CCCCCCCCCCCCCCCCOCC(CO)CO. The highest BCUT2D eigenvalue weighted by Crippen LogP contribution is 2.13. The average molecular weight is 331 g/mol. The Morgan fingerprint density at radius 3 is 1.39 bits per heavy atom. The smallest absolute Gasteiger partial charge is 0.0538 e. The molecule has 2 N–H and O–H groups in total. The van der Waals surface area contributed by atoms with Crippen molar-refractivity contribution in [1.82, 2.24) is 0 Å². The van der Waals surface area contributed by atoms with Gasteiger partial charge in [0.15, 0.2) is 0 Å². The van der Waals surface area contributed by atoms with E-state index in [1.807, 2.05) is 0 Å². The van der Waals surface area contributed by atoms with Gasteiger partial charge in [-0.15, -0.1) is 0 Å². The second-order valence-electron chi connectivity index (χ2n) is 6.90. The zero-order valence-electron chi connectivity index (χ0n) is 15.6. The van der Waals surface area contributed by atoms with Crippen LogP contribution in [0.25, 0.3) is 0 Å². The molecule has 0 saturated heterocycles. The number of aliphatic hydroxyl groups is 2. The van der Waals surface area contributed by atoms with Crippen LogP contribution < -0.4 is 0 Å². The number of unbranched alkanes of at least 4 members (excludes halogenated alkanes) is 13. The molecule has 0 bridgehead atoms. The van der Waals surface area contributed by atoms with Gasteiger partial charge < -0.3 is 14.9 Å². The summed E-state index contributed by atoms with van der Waals surface area (Å²) in [5.74, 6) is -0.110. The minimum atomic E-state index is -0.110. The first-order valence-electron chi connectivity index (χ1n) is 10.1. The minimum Gasteiger partial charge on any atom is -0.396 e. The average Bonchev–Trinajstić information content (AvgIpc) is 2.58. The maximum atomic E-state index is 8.91. The topological polar surface area (TPSA) is 49.7 Å². The van der Waals surface area contributed by atoms with Gasteiger partial charge in [0.05, 0.1) is 19.8 Å². The predicted octanol–water partition coefficient (Wildman–Crippen LogP) is 5.09. The number of rotatable bonds is 19. The summed E-state index contributed by atoms with van der Waals surface area (Å²) in [7, 11) is 0. The first kappa shape index (κ1) is 22.9. The van der Waals surface area contributed by atoms with Gasteiger partial charge in [-0.2, -0.15) is 0 Å². The monoisotopic (exact) mass is 330 g/mol. The lowest BCUT2D eigenvalue weighted by Gasteiger charge is -2.11. The molecule has 140 valence electrons. The van der Waals surface area contributed by atoms with E-state index in [2.05, 4.69) is 6.92 Å². The van der Waals surface area contributed by atoms with Crippen molar-refractivity contribution < 1.29 is 14.9 Å². The predicted molar refractivity (Wildman–Crippen MR) is 98.8 cm³/mol. The van der Waals surface area contributed by atoms with Gasteiger partial charge in [0.2, 0.25) is 0 Å². The number of hydrogen-bond acceptors (Lipinski definition) is 3. The van der Waals surface area contributed by atoms with E-state index in [9.17, 15) is 0 Å². The summed E-state index contributed by atoms with van der Waals surface area (Å²) in [6.07, 6.45) is 19.1. The molecule has 23 heavy (non-hydrogen) atoms. The van der Waals surface area contributed by atoms with Crippen molar-refractivity contribution in [2.24, 2.45) is 5.92 Å². The van der Waals surface area contributed by atoms with E-state index in [0.29, 0.717) is 6.61 Å². The molecular weight excluding hydrogens is 288 g/mol. The Morgan fingerprint density at radius 1 is 0.609 bits per heavy atom. The maximum Gasteiger partial charge on any atom is 0.0538 e. The number of aliphatic hydroxyl groups excluding tert-OH is 2. The molecule has 0 atom stereocenters. The van der Waals surface area contributed by atoms with Crippen LogP contribution in [0.3, 0.4) is 0 Å². The van der Waals surface area contributed by atoms with Crippen LogP contribution >= 0.6 is 0 Å². The lowest BCUT2D eigenvalue weighted by Crippen LogP contribution is -2.18. The van der Waals surface area contributed by atoms with E-state index in [0.717, 1.165) is 13.0 Å². The molecule has 3 heteroatoms. The molecule has 0 amide bonds. The molecule has 0 rings (SSSR count). The lowest BCUT2D eigenvalue weighted by atomic mass is 10.0. The van der Waals surface area contributed by atoms with Crippen LogP contribution in [0.5, 0.6) is 0 Å². The third-order valence-corrected chi connectivity index (χ3v) is 4.51. The van der Waals surface area contributed by atoms with E-state index < -0.39 is 0 Å². The van der Waals surface area contributed by atoms with Crippen molar-refractivity contribution in [1.29, 1.82) is 0 Å². The second-order valence-corrected chi connectivity index (χ2v) is 6.90. The van der Waals surface area contributed by atoms with E-state index in [1.165, 1.54) is 83.5 Å². The lowest BCUT2D eigenvalue weighted by molar-refractivity contribution is 0.0435. The van der Waals surface area contributed by atoms with Crippen molar-refractivity contribution in [2.45, 2.75) is 96.8 Å². The fourth-order valence-electron chi connectivity index (χ4n) is 2.81. The summed E-state index contributed by atoms with van der Waals surface area (Å²) in [5, 5.41) is 17.8. The highest BCUT2D eigenvalue weighted by atomic mass is 16.5. The summed E-state index contributed by atoms with van der Waals surface area (Å²) in [4.78, 5) is 0. The molecule has 0 aliphatic heterocycles. The van der Waals surface area contributed by atoms with Gasteiger partial charge in [-0.25, -0.2) is 0 Å². The van der Waals surface area contributed by atoms with Gasteiger partial charge in [-0.3, -0.25) is 0 Å². The Balaban J connectivity index is 3.02. The first-order chi connectivity index (χ1) is 11.3. The Kier molecular flexibility index (Phi) is 19.8. The molecule has 0 aliphatic rings. The molecule has 3 nitrogen and oxygen atoms in total. The van der Waals surface area contributed by atoms with Crippen LogP contribution in [-0.4, -0.2) is 36.6 Å². The zero-order chi connectivity index (χ0) is 17.0. The fourth-order valence-corrected chi connectivity index (χ4v) is 2.81. The van der Waals surface area contributed by atoms with Crippen LogP contribution in [0.15, 0.2) is 0 Å². The van der Waals surface area contributed by atoms with Gasteiger partial charge in [-0.1, -0.05) is 90.4 Å². The van der Waals surface area contributed by atoms with Gasteiger partial charge in [0.25, 0.3) is 0 Å². The summed E-state index contributed by atoms with van der Waals surface area (Å²) in [6.45, 7) is 3.53. The first-order valence-corrected chi connectivity index (χ1v) is 10.1. The summed E-state index contributed by atoms with van der Waals surface area (Å²) >= 11 is 0. The summed E-state index contributed by atoms with van der Waals surface area (Å²) in [5.41, 5.74) is 0. The minimum absolute atomic E-state index is 0.00917. The van der Waals surface area contributed by atoms with Crippen molar-refractivity contribution in [3.05, 3.63) is 0 Å². The van der Waals surface area contributed by atoms with E-state index in [-0.39, 0.29) is 19.1 Å². The molecule has 0 aromatic heterocycles. The van der Waals surface area contributed by atoms with Crippen LogP contribution in [0, 0.1) is 5.92 Å². The maximum absolute atomic E-state index is 8.91. The molecular formula is C20H42O3. The Bertz CT molecular complexity index is 205. The van der Waals surface area contributed by atoms with Crippen LogP contribution in [-0.2, 0) is 4.74 Å². The van der Waals surface area contributed by atoms with E-state index in [4.69, 9.17) is 14.9 Å². The van der Waals surface area contributed by atoms with Crippen molar-refractivity contribution >= 4 is 0 Å². The Morgan fingerprint density at radius 2 is 1.00 bits per heavy atom. The highest BCUT2D eigenvalue weighted by Gasteiger charge is 2.04. The molecule has 0 unspecified atom stereocenters. The Labute approximate surface area is 144 Å². The molecule has 0 heterocycles. The van der Waals surface area contributed by atoms with Crippen molar-refractivity contribution in [2.75, 3.05) is 26.4 Å². The van der Waals surface area contributed by atoms with E-state index in [1.54, 1.807) is 0 Å². The van der Waals surface area contributed by atoms with Crippen molar-refractivity contribution in [3.63, 3.8) is 0 Å². The van der Waals surface area contributed by atoms with Gasteiger partial charge in [-0.05, 0) is 6.42 Å². The largest absolute Gasteiger partial charge is 0.396 e. The molecule has 0 aromatic rings. The molecule has 0 fully saturated rings. The summed E-state index contributed by atoms with van der Waals surface area (Å²) < 4.78 is 5.46. The quantitative estimate of drug-likeness (QED) is 0.324. The fraction of sp³-hybridized carbons (Fsp3) is 1.00. The molecule has 0 saturated carbocycles. The van der Waals surface area contributed by atoms with Gasteiger partial charge in [0.1, 0.15) is 0 Å². The zero-order valence-corrected chi connectivity index (χ0v) is 15.6. The van der Waals surface area contributed by atoms with Gasteiger partial charge >= 0.3 is 0 Å². The number of hydrogen-bond donors (Lipinski definition) is 2. The second kappa shape index (κ2) is 19.9. The van der Waals surface area contributed by atoms with Gasteiger partial charge in [0, 0.05) is 12.5 Å². The molecule has 0 spiro atoms. The molecule has 0 radical (unpaired) electrons. The third-order valence-electron chi connectivity index (χ3n) is 4.51. The summed E-state index contributed by atoms with van der Waals surface area (Å²) in [6, 6.07) is 0. The Hall–Kier alpha value is -0.120. The third kappa shape index (κ3) is 18.1. The number of ether oxygens (including phenoxy) is 1.